The molecule has 0 saturated carbocycles. The maximum atomic E-state index is 12.0. The molecule has 1 aliphatic heterocycles. The fraction of sp³-hybridized carbons (Fsp3) is 0.333. The standard InChI is InChI=1S/C18H20ClNO3S/c1-24(21,22)18-9-5-3-7-16(18)20-12-10-14(11-13-20)23-17-8-4-2-6-15(17)19/h2-9,14H,10-13H2,1H3. The lowest BCUT2D eigenvalue weighted by atomic mass is 10.1. The van der Waals surface area contributed by atoms with E-state index < -0.39 is 9.84 Å². The second-order valence-electron chi connectivity index (χ2n) is 5.97. The van der Waals surface area contributed by atoms with E-state index in [1.807, 2.05) is 36.4 Å². The number of sulfone groups is 1. The molecule has 2 aromatic rings. The zero-order valence-electron chi connectivity index (χ0n) is 13.5. The number of halogens is 1. The Hall–Kier alpha value is -1.72. The van der Waals surface area contributed by atoms with Gasteiger partial charge in [0.1, 0.15) is 11.9 Å². The first-order valence-corrected chi connectivity index (χ1v) is 10.2. The van der Waals surface area contributed by atoms with Crippen LogP contribution in [0.4, 0.5) is 5.69 Å². The summed E-state index contributed by atoms with van der Waals surface area (Å²) in [6.07, 6.45) is 2.98. The van der Waals surface area contributed by atoms with Crippen LogP contribution >= 0.6 is 11.6 Å². The molecular weight excluding hydrogens is 346 g/mol. The fourth-order valence-corrected chi connectivity index (χ4v) is 4.05. The molecule has 1 heterocycles. The molecule has 0 radical (unpaired) electrons. The van der Waals surface area contributed by atoms with E-state index in [4.69, 9.17) is 16.3 Å². The first-order chi connectivity index (χ1) is 11.4. The summed E-state index contributed by atoms with van der Waals surface area (Å²) in [6.45, 7) is 1.50. The minimum absolute atomic E-state index is 0.0894. The molecular formula is C18H20ClNO3S. The summed E-state index contributed by atoms with van der Waals surface area (Å²) in [7, 11) is -3.24. The van der Waals surface area contributed by atoms with Crippen LogP contribution in [0.3, 0.4) is 0 Å². The number of rotatable bonds is 4. The highest BCUT2D eigenvalue weighted by Crippen LogP contribution is 2.30. The highest BCUT2D eigenvalue weighted by molar-refractivity contribution is 7.90. The van der Waals surface area contributed by atoms with Gasteiger partial charge in [-0.1, -0.05) is 35.9 Å². The summed E-state index contributed by atoms with van der Waals surface area (Å²) in [5.74, 6) is 0.703. The van der Waals surface area contributed by atoms with Gasteiger partial charge in [-0.3, -0.25) is 0 Å². The van der Waals surface area contributed by atoms with Gasteiger partial charge in [-0.2, -0.15) is 0 Å². The van der Waals surface area contributed by atoms with E-state index in [9.17, 15) is 8.42 Å². The molecule has 3 rings (SSSR count). The molecule has 1 aliphatic rings. The Morgan fingerprint density at radius 2 is 1.67 bits per heavy atom. The zero-order chi connectivity index (χ0) is 17.2. The van der Waals surface area contributed by atoms with Crippen molar-refractivity contribution in [3.63, 3.8) is 0 Å². The lowest BCUT2D eigenvalue weighted by molar-refractivity contribution is 0.171. The van der Waals surface area contributed by atoms with Gasteiger partial charge < -0.3 is 9.64 Å². The van der Waals surface area contributed by atoms with Crippen LogP contribution < -0.4 is 9.64 Å². The molecule has 1 fully saturated rings. The van der Waals surface area contributed by atoms with E-state index >= 15 is 0 Å². The Morgan fingerprint density at radius 3 is 2.33 bits per heavy atom. The second-order valence-corrected chi connectivity index (χ2v) is 8.37. The highest BCUT2D eigenvalue weighted by Gasteiger charge is 2.24. The summed E-state index contributed by atoms with van der Waals surface area (Å²) in [5.41, 5.74) is 0.774. The molecule has 0 amide bonds. The average Bonchev–Trinajstić information content (AvgIpc) is 2.57. The molecule has 4 nitrogen and oxygen atoms in total. The fourth-order valence-electron chi connectivity index (χ4n) is 2.97. The van der Waals surface area contributed by atoms with Crippen molar-refractivity contribution in [2.24, 2.45) is 0 Å². The van der Waals surface area contributed by atoms with Crippen molar-refractivity contribution >= 4 is 27.1 Å². The van der Waals surface area contributed by atoms with Crippen LogP contribution in [0.1, 0.15) is 12.8 Å². The molecule has 0 aromatic heterocycles. The highest BCUT2D eigenvalue weighted by atomic mass is 35.5. The zero-order valence-corrected chi connectivity index (χ0v) is 15.1. The van der Waals surface area contributed by atoms with E-state index in [0.717, 1.165) is 31.6 Å². The minimum Gasteiger partial charge on any atom is -0.489 e. The van der Waals surface area contributed by atoms with Crippen LogP contribution in [-0.2, 0) is 9.84 Å². The van der Waals surface area contributed by atoms with Gasteiger partial charge in [-0.05, 0) is 24.3 Å². The number of benzene rings is 2. The average molecular weight is 366 g/mol. The largest absolute Gasteiger partial charge is 0.489 e. The third kappa shape index (κ3) is 3.84. The van der Waals surface area contributed by atoms with Gasteiger partial charge in [0.15, 0.2) is 9.84 Å². The molecule has 0 spiro atoms. The number of para-hydroxylation sites is 2. The van der Waals surface area contributed by atoms with Gasteiger partial charge in [0, 0.05) is 32.2 Å². The normalized spacial score (nSPS) is 16.2. The maximum absolute atomic E-state index is 12.0. The predicted octanol–water partition coefficient (Wildman–Crippen LogP) is 3.79. The van der Waals surface area contributed by atoms with Crippen LogP contribution in [0, 0.1) is 0 Å². The Bertz CT molecular complexity index is 815. The molecule has 0 unspecified atom stereocenters. The van der Waals surface area contributed by atoms with E-state index in [2.05, 4.69) is 4.90 Å². The van der Waals surface area contributed by atoms with Crippen LogP contribution in [0.5, 0.6) is 5.75 Å². The van der Waals surface area contributed by atoms with Crippen molar-refractivity contribution in [1.29, 1.82) is 0 Å². The van der Waals surface area contributed by atoms with Gasteiger partial charge in [0.2, 0.25) is 0 Å². The van der Waals surface area contributed by atoms with Crippen LogP contribution in [-0.4, -0.2) is 33.9 Å². The summed E-state index contributed by atoms with van der Waals surface area (Å²) in [4.78, 5) is 2.50. The third-order valence-corrected chi connectivity index (χ3v) is 5.63. The lowest BCUT2D eigenvalue weighted by Gasteiger charge is -2.34. The number of nitrogens with zero attached hydrogens (tertiary/aromatic N) is 1. The molecule has 6 heteroatoms. The summed E-state index contributed by atoms with van der Waals surface area (Å²) in [5, 5.41) is 0.613. The van der Waals surface area contributed by atoms with E-state index in [0.29, 0.717) is 15.7 Å². The smallest absolute Gasteiger partial charge is 0.177 e. The summed E-state index contributed by atoms with van der Waals surface area (Å²) in [6, 6.07) is 14.6. The van der Waals surface area contributed by atoms with Gasteiger partial charge >= 0.3 is 0 Å². The van der Waals surface area contributed by atoms with Gasteiger partial charge in [0.05, 0.1) is 15.6 Å². The number of piperidine rings is 1. The topological polar surface area (TPSA) is 46.6 Å². The van der Waals surface area contributed by atoms with Crippen molar-refractivity contribution < 1.29 is 13.2 Å². The quantitative estimate of drug-likeness (QED) is 0.827. The van der Waals surface area contributed by atoms with Crippen molar-refractivity contribution in [3.8, 4) is 5.75 Å². The molecule has 0 N–H and O–H groups in total. The molecule has 0 atom stereocenters. The van der Waals surface area contributed by atoms with E-state index in [-0.39, 0.29) is 6.10 Å². The Kier molecular flexibility index (Phi) is 5.01. The van der Waals surface area contributed by atoms with Crippen molar-refractivity contribution in [1.82, 2.24) is 0 Å². The molecule has 0 bridgehead atoms. The van der Waals surface area contributed by atoms with E-state index in [1.165, 1.54) is 6.26 Å². The van der Waals surface area contributed by atoms with Crippen molar-refractivity contribution in [2.75, 3.05) is 24.2 Å². The minimum atomic E-state index is -3.24. The predicted molar refractivity (Wildman–Crippen MR) is 96.9 cm³/mol. The maximum Gasteiger partial charge on any atom is 0.177 e. The summed E-state index contributed by atoms with van der Waals surface area (Å²) >= 11 is 6.14. The van der Waals surface area contributed by atoms with Crippen LogP contribution in [0.15, 0.2) is 53.4 Å². The lowest BCUT2D eigenvalue weighted by Crippen LogP contribution is -2.38. The Balaban J connectivity index is 1.69. The number of anilines is 1. The van der Waals surface area contributed by atoms with E-state index in [1.54, 1.807) is 12.1 Å². The van der Waals surface area contributed by atoms with Crippen molar-refractivity contribution in [3.05, 3.63) is 53.6 Å². The second kappa shape index (κ2) is 7.03. The first-order valence-electron chi connectivity index (χ1n) is 7.90. The number of hydrogen-bond acceptors (Lipinski definition) is 4. The van der Waals surface area contributed by atoms with Gasteiger partial charge in [-0.15, -0.1) is 0 Å². The number of ether oxygens (including phenoxy) is 1. The summed E-state index contributed by atoms with van der Waals surface area (Å²) < 4.78 is 29.9. The Morgan fingerprint density at radius 1 is 1.04 bits per heavy atom. The first kappa shape index (κ1) is 17.1. The molecule has 0 aliphatic carbocycles. The number of hydrogen-bond donors (Lipinski definition) is 0. The van der Waals surface area contributed by atoms with Gasteiger partial charge in [-0.25, -0.2) is 8.42 Å². The molecule has 128 valence electrons. The third-order valence-electron chi connectivity index (χ3n) is 4.18. The van der Waals surface area contributed by atoms with Crippen molar-refractivity contribution in [2.45, 2.75) is 23.8 Å². The van der Waals surface area contributed by atoms with Crippen LogP contribution in [0.25, 0.3) is 0 Å². The SMILES string of the molecule is CS(=O)(=O)c1ccccc1N1CCC(Oc2ccccc2Cl)CC1. The molecule has 2 aromatic carbocycles. The molecule has 24 heavy (non-hydrogen) atoms. The van der Waals surface area contributed by atoms with Crippen LogP contribution in [0.2, 0.25) is 5.02 Å². The molecule has 1 saturated heterocycles. The Labute approximate surface area is 147 Å². The van der Waals surface area contributed by atoms with Gasteiger partial charge in [0.25, 0.3) is 0 Å². The monoisotopic (exact) mass is 365 g/mol.